The SMILES string of the molecule is Cc1ccc(N2CCN(C(=O)COC3CCC(Nc4ccc(C)c(C(F)(F)F)c4)CC3)CC2)c(C)c1. The van der Waals surface area contributed by atoms with Crippen LogP contribution in [0, 0.1) is 20.8 Å². The number of aryl methyl sites for hydroxylation is 3. The van der Waals surface area contributed by atoms with Crippen molar-refractivity contribution in [3.8, 4) is 0 Å². The highest BCUT2D eigenvalue weighted by molar-refractivity contribution is 5.77. The van der Waals surface area contributed by atoms with E-state index in [1.165, 1.54) is 35.9 Å². The molecule has 8 heteroatoms. The molecule has 196 valence electrons. The van der Waals surface area contributed by atoms with Crippen LogP contribution in [-0.4, -0.2) is 55.7 Å². The van der Waals surface area contributed by atoms with E-state index in [-0.39, 0.29) is 30.2 Å². The van der Waals surface area contributed by atoms with Crippen LogP contribution in [0.4, 0.5) is 24.5 Å². The highest BCUT2D eigenvalue weighted by Gasteiger charge is 2.33. The quantitative estimate of drug-likeness (QED) is 0.548. The van der Waals surface area contributed by atoms with Crippen molar-refractivity contribution in [1.82, 2.24) is 4.90 Å². The first-order valence-corrected chi connectivity index (χ1v) is 12.8. The zero-order valence-corrected chi connectivity index (χ0v) is 21.3. The van der Waals surface area contributed by atoms with E-state index in [4.69, 9.17) is 4.74 Å². The number of benzene rings is 2. The number of carbonyl (C=O) groups is 1. The van der Waals surface area contributed by atoms with E-state index < -0.39 is 11.7 Å². The molecule has 0 atom stereocenters. The van der Waals surface area contributed by atoms with Gasteiger partial charge < -0.3 is 19.9 Å². The van der Waals surface area contributed by atoms with Crippen molar-refractivity contribution in [3.05, 3.63) is 58.7 Å². The van der Waals surface area contributed by atoms with Gasteiger partial charge in [-0.3, -0.25) is 4.79 Å². The number of ether oxygens (including phenoxy) is 1. The maximum absolute atomic E-state index is 13.2. The Labute approximate surface area is 211 Å². The first kappa shape index (κ1) is 26.3. The van der Waals surface area contributed by atoms with Crippen LogP contribution in [0.25, 0.3) is 0 Å². The summed E-state index contributed by atoms with van der Waals surface area (Å²) in [5.74, 6) is 0.0230. The van der Waals surface area contributed by atoms with Gasteiger partial charge in [-0.15, -0.1) is 0 Å². The molecule has 1 aliphatic carbocycles. The molecule has 0 aromatic heterocycles. The lowest BCUT2D eigenvalue weighted by molar-refractivity contribution is -0.139. The van der Waals surface area contributed by atoms with Crippen molar-refractivity contribution in [2.75, 3.05) is 43.0 Å². The first-order chi connectivity index (χ1) is 17.1. The van der Waals surface area contributed by atoms with Gasteiger partial charge in [0, 0.05) is 43.6 Å². The Morgan fingerprint density at radius 2 is 1.64 bits per heavy atom. The highest BCUT2D eigenvalue weighted by Crippen LogP contribution is 2.34. The number of halogens is 3. The summed E-state index contributed by atoms with van der Waals surface area (Å²) in [5, 5.41) is 3.25. The van der Waals surface area contributed by atoms with Crippen LogP contribution in [0.1, 0.15) is 47.9 Å². The van der Waals surface area contributed by atoms with E-state index in [9.17, 15) is 18.0 Å². The summed E-state index contributed by atoms with van der Waals surface area (Å²) in [4.78, 5) is 16.9. The fraction of sp³-hybridized carbons (Fsp3) is 0.536. The second-order valence-corrected chi connectivity index (χ2v) is 10.1. The number of hydrogen-bond donors (Lipinski definition) is 1. The number of hydrogen-bond acceptors (Lipinski definition) is 4. The number of nitrogens with zero attached hydrogens (tertiary/aromatic N) is 2. The molecule has 0 radical (unpaired) electrons. The van der Waals surface area contributed by atoms with Gasteiger partial charge >= 0.3 is 6.18 Å². The Kier molecular flexibility index (Phi) is 8.13. The molecule has 2 aromatic rings. The maximum atomic E-state index is 13.2. The number of amides is 1. The van der Waals surface area contributed by atoms with E-state index in [1.54, 1.807) is 6.07 Å². The second kappa shape index (κ2) is 11.1. The van der Waals surface area contributed by atoms with E-state index in [2.05, 4.69) is 42.3 Å². The number of piperazine rings is 1. The highest BCUT2D eigenvalue weighted by atomic mass is 19.4. The third-order valence-electron chi connectivity index (χ3n) is 7.36. The number of anilines is 2. The standard InChI is InChI=1S/C28H36F3N3O2/c1-19-4-11-26(21(3)16-19)33-12-14-34(15-13-33)27(35)18-36-24-9-7-22(8-10-24)32-23-6-5-20(2)25(17-23)28(29,30)31/h4-6,11,16-17,22,24,32H,7-10,12-15,18H2,1-3H3. The molecule has 2 aromatic carbocycles. The molecule has 4 rings (SSSR count). The average Bonchev–Trinajstić information content (AvgIpc) is 2.84. The van der Waals surface area contributed by atoms with Crippen molar-refractivity contribution < 1.29 is 22.7 Å². The Hall–Kier alpha value is -2.74. The Balaban J connectivity index is 1.18. The molecular formula is C28H36F3N3O2. The van der Waals surface area contributed by atoms with Gasteiger partial charge in [0.15, 0.2) is 0 Å². The molecular weight excluding hydrogens is 467 g/mol. The van der Waals surface area contributed by atoms with Gasteiger partial charge in [-0.1, -0.05) is 23.8 Å². The Morgan fingerprint density at radius 1 is 0.944 bits per heavy atom. The van der Waals surface area contributed by atoms with E-state index in [0.29, 0.717) is 18.8 Å². The van der Waals surface area contributed by atoms with Crippen LogP contribution < -0.4 is 10.2 Å². The number of nitrogens with one attached hydrogen (secondary N) is 1. The lowest BCUT2D eigenvalue weighted by atomic mass is 9.92. The molecule has 36 heavy (non-hydrogen) atoms. The Bertz CT molecular complexity index is 1060. The molecule has 0 unspecified atom stereocenters. The zero-order valence-electron chi connectivity index (χ0n) is 21.3. The first-order valence-electron chi connectivity index (χ1n) is 12.8. The van der Waals surface area contributed by atoms with Crippen LogP contribution in [0.5, 0.6) is 0 Å². The van der Waals surface area contributed by atoms with Crippen molar-refractivity contribution in [1.29, 1.82) is 0 Å². The maximum Gasteiger partial charge on any atom is 0.416 e. The van der Waals surface area contributed by atoms with Crippen LogP contribution in [0.3, 0.4) is 0 Å². The lowest BCUT2D eigenvalue weighted by Crippen LogP contribution is -2.50. The van der Waals surface area contributed by atoms with Gasteiger partial charge in [-0.25, -0.2) is 0 Å². The van der Waals surface area contributed by atoms with Crippen molar-refractivity contribution in [2.45, 2.75) is 64.8 Å². The topological polar surface area (TPSA) is 44.8 Å². The van der Waals surface area contributed by atoms with Crippen LogP contribution in [-0.2, 0) is 15.7 Å². The van der Waals surface area contributed by atoms with Gasteiger partial charge in [-0.05, 0) is 75.8 Å². The molecule has 5 nitrogen and oxygen atoms in total. The number of rotatable bonds is 6. The molecule has 1 N–H and O–H groups in total. The zero-order chi connectivity index (χ0) is 25.9. The normalized spacial score (nSPS) is 20.9. The third-order valence-corrected chi connectivity index (χ3v) is 7.36. The predicted octanol–water partition coefficient (Wildman–Crippen LogP) is 5.72. The minimum Gasteiger partial charge on any atom is -0.382 e. The lowest BCUT2D eigenvalue weighted by Gasteiger charge is -2.37. The van der Waals surface area contributed by atoms with Crippen LogP contribution in [0.15, 0.2) is 36.4 Å². The number of alkyl halides is 3. The minimum absolute atomic E-state index is 0.00671. The summed E-state index contributed by atoms with van der Waals surface area (Å²) in [5.41, 5.74) is 3.85. The van der Waals surface area contributed by atoms with Gasteiger partial charge in [0.2, 0.25) is 5.91 Å². The van der Waals surface area contributed by atoms with Crippen LogP contribution >= 0.6 is 0 Å². The van der Waals surface area contributed by atoms with E-state index in [1.807, 2.05) is 4.90 Å². The van der Waals surface area contributed by atoms with Crippen molar-refractivity contribution >= 4 is 17.3 Å². The summed E-state index contributed by atoms with van der Waals surface area (Å²) in [6.45, 7) is 8.75. The predicted molar refractivity (Wildman–Crippen MR) is 137 cm³/mol. The number of carbonyl (C=O) groups excluding carboxylic acids is 1. The fourth-order valence-corrected chi connectivity index (χ4v) is 5.26. The van der Waals surface area contributed by atoms with Crippen LogP contribution in [0.2, 0.25) is 0 Å². The molecule has 1 amide bonds. The van der Waals surface area contributed by atoms with E-state index in [0.717, 1.165) is 38.8 Å². The molecule has 1 heterocycles. The monoisotopic (exact) mass is 503 g/mol. The summed E-state index contributed by atoms with van der Waals surface area (Å²) < 4.78 is 45.5. The summed E-state index contributed by atoms with van der Waals surface area (Å²) in [6, 6.07) is 11.0. The van der Waals surface area contributed by atoms with Crippen molar-refractivity contribution in [2.24, 2.45) is 0 Å². The largest absolute Gasteiger partial charge is 0.416 e. The molecule has 0 spiro atoms. The van der Waals surface area contributed by atoms with E-state index >= 15 is 0 Å². The molecule has 2 fully saturated rings. The molecule has 0 bridgehead atoms. The summed E-state index contributed by atoms with van der Waals surface area (Å²) in [6.07, 6.45) is -1.20. The smallest absolute Gasteiger partial charge is 0.382 e. The molecule has 1 aliphatic heterocycles. The molecule has 2 aliphatic rings. The average molecular weight is 504 g/mol. The van der Waals surface area contributed by atoms with Gasteiger partial charge in [0.25, 0.3) is 0 Å². The van der Waals surface area contributed by atoms with Gasteiger partial charge in [-0.2, -0.15) is 13.2 Å². The fourth-order valence-electron chi connectivity index (χ4n) is 5.26. The second-order valence-electron chi connectivity index (χ2n) is 10.1. The minimum atomic E-state index is -4.36. The Morgan fingerprint density at radius 3 is 2.28 bits per heavy atom. The summed E-state index contributed by atoms with van der Waals surface area (Å²) >= 11 is 0. The molecule has 1 saturated heterocycles. The van der Waals surface area contributed by atoms with Gasteiger partial charge in [0.1, 0.15) is 6.61 Å². The van der Waals surface area contributed by atoms with Crippen molar-refractivity contribution in [3.63, 3.8) is 0 Å². The van der Waals surface area contributed by atoms with Gasteiger partial charge in [0.05, 0.1) is 11.7 Å². The molecule has 1 saturated carbocycles. The summed E-state index contributed by atoms with van der Waals surface area (Å²) in [7, 11) is 0. The third kappa shape index (κ3) is 6.52.